The first-order valence-corrected chi connectivity index (χ1v) is 8.69. The lowest BCUT2D eigenvalue weighted by Crippen LogP contribution is -2.42. The molecular formula is C16H12ClN5O3S. The molecule has 8 nitrogen and oxygen atoms in total. The topological polar surface area (TPSA) is 110 Å². The number of thioether (sulfide) groups is 1. The highest BCUT2D eigenvalue weighted by molar-refractivity contribution is 7.99. The quantitative estimate of drug-likeness (QED) is 0.509. The maximum atomic E-state index is 11.9. The number of rotatable bonds is 5. The summed E-state index contributed by atoms with van der Waals surface area (Å²) in [5.74, 6) is -0.524. The molecular weight excluding hydrogens is 378 g/mol. The molecule has 0 bridgehead atoms. The number of hydrogen-bond donors (Lipinski definition) is 2. The molecule has 2 aromatic heterocycles. The molecule has 0 fully saturated rings. The van der Waals surface area contributed by atoms with Crippen LogP contribution in [0, 0.1) is 0 Å². The van der Waals surface area contributed by atoms with E-state index in [1.165, 1.54) is 0 Å². The van der Waals surface area contributed by atoms with Crippen LogP contribution in [0.25, 0.3) is 11.5 Å². The van der Waals surface area contributed by atoms with E-state index >= 15 is 0 Å². The Balaban J connectivity index is 1.46. The Morgan fingerprint density at radius 1 is 1.04 bits per heavy atom. The predicted octanol–water partition coefficient (Wildman–Crippen LogP) is 2.34. The summed E-state index contributed by atoms with van der Waals surface area (Å²) >= 11 is 6.81. The van der Waals surface area contributed by atoms with Gasteiger partial charge in [-0.25, -0.2) is 0 Å². The average molecular weight is 390 g/mol. The molecule has 2 amide bonds. The molecule has 0 aliphatic carbocycles. The zero-order valence-corrected chi connectivity index (χ0v) is 14.8. The van der Waals surface area contributed by atoms with Crippen molar-refractivity contribution in [2.75, 3.05) is 5.75 Å². The van der Waals surface area contributed by atoms with Gasteiger partial charge in [-0.1, -0.05) is 23.4 Å². The fraction of sp³-hybridized carbons (Fsp3) is 0.0625. The molecule has 0 aliphatic rings. The minimum atomic E-state index is -0.446. The predicted molar refractivity (Wildman–Crippen MR) is 95.3 cm³/mol. The van der Waals surface area contributed by atoms with Gasteiger partial charge < -0.3 is 4.42 Å². The first-order valence-electron chi connectivity index (χ1n) is 7.33. The summed E-state index contributed by atoms with van der Waals surface area (Å²) in [6.07, 6.45) is 3.23. The molecule has 2 heterocycles. The minimum Gasteiger partial charge on any atom is -0.411 e. The highest BCUT2D eigenvalue weighted by atomic mass is 35.5. The maximum absolute atomic E-state index is 11.9. The number of benzene rings is 1. The number of nitrogens with zero attached hydrogens (tertiary/aromatic N) is 3. The lowest BCUT2D eigenvalue weighted by Gasteiger charge is -2.06. The Hall–Kier alpha value is -2.91. The summed E-state index contributed by atoms with van der Waals surface area (Å²) in [7, 11) is 0. The first-order chi connectivity index (χ1) is 12.6. The van der Waals surface area contributed by atoms with Crippen LogP contribution in [0.3, 0.4) is 0 Å². The van der Waals surface area contributed by atoms with Crippen molar-refractivity contribution in [3.63, 3.8) is 0 Å². The van der Waals surface area contributed by atoms with E-state index in [0.29, 0.717) is 16.5 Å². The van der Waals surface area contributed by atoms with Gasteiger partial charge in [-0.15, -0.1) is 10.2 Å². The van der Waals surface area contributed by atoms with Crippen LogP contribution in [0.2, 0.25) is 5.02 Å². The standard InChI is InChI=1S/C16H12ClN5O3S/c17-12-3-1-10(2-4-12)14(24)20-19-13(23)9-26-16-22-21-15(25-16)11-5-7-18-8-6-11/h1-8H,9H2,(H,19,23)(H,20,24). The smallest absolute Gasteiger partial charge is 0.277 e. The van der Waals surface area contributed by atoms with Crippen molar-refractivity contribution < 1.29 is 14.0 Å². The van der Waals surface area contributed by atoms with E-state index in [4.69, 9.17) is 16.0 Å². The van der Waals surface area contributed by atoms with Gasteiger partial charge in [-0.2, -0.15) is 0 Å². The number of nitrogens with one attached hydrogen (secondary N) is 2. The van der Waals surface area contributed by atoms with Crippen molar-refractivity contribution in [1.29, 1.82) is 0 Å². The number of aromatic nitrogens is 3. The summed E-state index contributed by atoms with van der Waals surface area (Å²) in [6, 6.07) is 9.76. The van der Waals surface area contributed by atoms with Crippen molar-refractivity contribution in [1.82, 2.24) is 26.0 Å². The molecule has 0 unspecified atom stereocenters. The first kappa shape index (κ1) is 17.9. The molecule has 26 heavy (non-hydrogen) atoms. The van der Waals surface area contributed by atoms with Gasteiger partial charge in [0.05, 0.1) is 5.75 Å². The van der Waals surface area contributed by atoms with Crippen LogP contribution in [0.15, 0.2) is 58.4 Å². The van der Waals surface area contributed by atoms with Gasteiger partial charge in [-0.3, -0.25) is 25.4 Å². The largest absolute Gasteiger partial charge is 0.411 e. The van der Waals surface area contributed by atoms with E-state index in [-0.39, 0.29) is 11.0 Å². The van der Waals surface area contributed by atoms with E-state index in [9.17, 15) is 9.59 Å². The molecule has 0 atom stereocenters. The Morgan fingerprint density at radius 3 is 2.50 bits per heavy atom. The Bertz CT molecular complexity index is 902. The summed E-state index contributed by atoms with van der Waals surface area (Å²) in [5, 5.41) is 8.54. The maximum Gasteiger partial charge on any atom is 0.277 e. The van der Waals surface area contributed by atoms with Gasteiger partial charge in [0.15, 0.2) is 0 Å². The Morgan fingerprint density at radius 2 is 1.77 bits per heavy atom. The second kappa shape index (κ2) is 8.45. The number of amides is 2. The number of carbonyl (C=O) groups excluding carboxylic acids is 2. The fourth-order valence-electron chi connectivity index (χ4n) is 1.84. The number of hydrazine groups is 1. The molecule has 0 radical (unpaired) electrons. The highest BCUT2D eigenvalue weighted by Crippen LogP contribution is 2.22. The van der Waals surface area contributed by atoms with Gasteiger partial charge in [-0.05, 0) is 36.4 Å². The zero-order chi connectivity index (χ0) is 18.4. The van der Waals surface area contributed by atoms with E-state index in [1.807, 2.05) is 0 Å². The van der Waals surface area contributed by atoms with Crippen molar-refractivity contribution in [2.24, 2.45) is 0 Å². The SMILES string of the molecule is O=C(CSc1nnc(-c2ccncc2)o1)NNC(=O)c1ccc(Cl)cc1. The van der Waals surface area contributed by atoms with E-state index in [2.05, 4.69) is 26.0 Å². The van der Waals surface area contributed by atoms with Crippen LogP contribution in [0.4, 0.5) is 0 Å². The molecule has 0 spiro atoms. The molecule has 2 N–H and O–H groups in total. The number of hydrogen-bond acceptors (Lipinski definition) is 7. The van der Waals surface area contributed by atoms with Gasteiger partial charge in [0, 0.05) is 28.5 Å². The number of halogens is 1. The zero-order valence-electron chi connectivity index (χ0n) is 13.2. The van der Waals surface area contributed by atoms with Crippen molar-refractivity contribution >= 4 is 35.2 Å². The second-order valence-corrected chi connectivity index (χ2v) is 6.27. The molecule has 10 heteroatoms. The van der Waals surface area contributed by atoms with Crippen LogP contribution in [0.1, 0.15) is 10.4 Å². The number of pyridine rings is 1. The third kappa shape index (κ3) is 4.80. The second-order valence-electron chi connectivity index (χ2n) is 4.91. The summed E-state index contributed by atoms with van der Waals surface area (Å²) < 4.78 is 5.46. The molecule has 3 rings (SSSR count). The average Bonchev–Trinajstić information content (AvgIpc) is 3.15. The van der Waals surface area contributed by atoms with E-state index < -0.39 is 11.8 Å². The molecule has 3 aromatic rings. The lowest BCUT2D eigenvalue weighted by atomic mass is 10.2. The summed E-state index contributed by atoms with van der Waals surface area (Å²) in [5.41, 5.74) is 5.74. The van der Waals surface area contributed by atoms with Crippen LogP contribution >= 0.6 is 23.4 Å². The molecule has 0 aliphatic heterocycles. The van der Waals surface area contributed by atoms with E-state index in [1.54, 1.807) is 48.8 Å². The van der Waals surface area contributed by atoms with Crippen LogP contribution in [0.5, 0.6) is 0 Å². The van der Waals surface area contributed by atoms with Crippen LogP contribution < -0.4 is 10.9 Å². The van der Waals surface area contributed by atoms with Crippen LogP contribution in [-0.2, 0) is 4.79 Å². The van der Waals surface area contributed by atoms with Gasteiger partial charge in [0.1, 0.15) is 0 Å². The van der Waals surface area contributed by atoms with Crippen molar-refractivity contribution in [3.05, 3.63) is 59.4 Å². The van der Waals surface area contributed by atoms with Gasteiger partial charge in [0.25, 0.3) is 11.1 Å². The van der Waals surface area contributed by atoms with Crippen LogP contribution in [-0.4, -0.2) is 32.7 Å². The van der Waals surface area contributed by atoms with Gasteiger partial charge in [0.2, 0.25) is 11.8 Å². The number of carbonyl (C=O) groups is 2. The van der Waals surface area contributed by atoms with E-state index in [0.717, 1.165) is 17.3 Å². The third-order valence-electron chi connectivity index (χ3n) is 3.08. The summed E-state index contributed by atoms with van der Waals surface area (Å²) in [6.45, 7) is 0. The lowest BCUT2D eigenvalue weighted by molar-refractivity contribution is -0.119. The normalized spacial score (nSPS) is 10.3. The molecule has 0 saturated carbocycles. The molecule has 132 valence electrons. The summed E-state index contributed by atoms with van der Waals surface area (Å²) in [4.78, 5) is 27.6. The fourth-order valence-corrected chi connectivity index (χ4v) is 2.53. The van der Waals surface area contributed by atoms with Crippen molar-refractivity contribution in [3.8, 4) is 11.5 Å². The minimum absolute atomic E-state index is 0.00111. The Kier molecular flexibility index (Phi) is 5.82. The third-order valence-corrected chi connectivity index (χ3v) is 4.15. The Labute approximate surface area is 157 Å². The molecule has 0 saturated heterocycles. The van der Waals surface area contributed by atoms with Gasteiger partial charge >= 0.3 is 0 Å². The highest BCUT2D eigenvalue weighted by Gasteiger charge is 2.12. The van der Waals surface area contributed by atoms with Crippen molar-refractivity contribution in [2.45, 2.75) is 5.22 Å². The monoisotopic (exact) mass is 389 g/mol. The molecule has 1 aromatic carbocycles.